The van der Waals surface area contributed by atoms with Gasteiger partial charge in [0.2, 0.25) is 0 Å². The van der Waals surface area contributed by atoms with Crippen LogP contribution in [-0.4, -0.2) is 9.36 Å². The third kappa shape index (κ3) is 1.66. The second kappa shape index (κ2) is 4.36. The average molecular weight is 223 g/mol. The van der Waals surface area contributed by atoms with E-state index < -0.39 is 0 Å². The van der Waals surface area contributed by atoms with E-state index in [0.717, 1.165) is 18.7 Å². The molecule has 90 valence electrons. The van der Waals surface area contributed by atoms with Crippen molar-refractivity contribution in [1.29, 1.82) is 0 Å². The lowest BCUT2D eigenvalue weighted by molar-refractivity contribution is 0.463. The minimum Gasteiger partial charge on any atom is -0.393 e. The van der Waals surface area contributed by atoms with Crippen molar-refractivity contribution in [2.24, 2.45) is 7.05 Å². The van der Waals surface area contributed by atoms with Crippen molar-refractivity contribution >= 4 is 5.69 Å². The van der Waals surface area contributed by atoms with Crippen LogP contribution in [-0.2, 0) is 13.6 Å². The van der Waals surface area contributed by atoms with Gasteiger partial charge in [0.15, 0.2) is 0 Å². The maximum absolute atomic E-state index is 12.0. The molecule has 0 unspecified atom stereocenters. The first kappa shape index (κ1) is 11.3. The lowest BCUT2D eigenvalue weighted by Crippen LogP contribution is -2.22. The van der Waals surface area contributed by atoms with Gasteiger partial charge in [0, 0.05) is 19.5 Å². The standard InChI is InChI=1S/C12H21N3O/c1-3-8-15-12(16)10(13)11(14(15)2)9-6-4-5-7-9/h9H,3-8,13H2,1-2H3. The van der Waals surface area contributed by atoms with Gasteiger partial charge in [-0.05, 0) is 19.3 Å². The van der Waals surface area contributed by atoms with Crippen molar-refractivity contribution in [3.8, 4) is 0 Å². The molecule has 0 aliphatic heterocycles. The Balaban J connectivity index is 2.44. The Morgan fingerprint density at radius 3 is 2.56 bits per heavy atom. The van der Waals surface area contributed by atoms with Crippen LogP contribution in [0.2, 0.25) is 0 Å². The van der Waals surface area contributed by atoms with E-state index in [0.29, 0.717) is 11.6 Å². The molecule has 0 spiro atoms. The first-order valence-electron chi connectivity index (χ1n) is 6.22. The van der Waals surface area contributed by atoms with Crippen LogP contribution in [0.3, 0.4) is 0 Å². The van der Waals surface area contributed by atoms with Crippen molar-refractivity contribution < 1.29 is 0 Å². The number of rotatable bonds is 3. The molecule has 0 atom stereocenters. The van der Waals surface area contributed by atoms with Gasteiger partial charge in [-0.25, -0.2) is 4.68 Å². The first-order chi connectivity index (χ1) is 7.66. The summed E-state index contributed by atoms with van der Waals surface area (Å²) in [6.07, 6.45) is 5.83. The molecule has 0 aromatic carbocycles. The third-order valence-corrected chi connectivity index (χ3v) is 3.63. The Hall–Kier alpha value is -1.19. The highest BCUT2D eigenvalue weighted by Gasteiger charge is 2.25. The molecule has 1 fully saturated rings. The topological polar surface area (TPSA) is 52.9 Å². The molecule has 0 saturated heterocycles. The zero-order valence-corrected chi connectivity index (χ0v) is 10.2. The lowest BCUT2D eigenvalue weighted by Gasteiger charge is -2.13. The van der Waals surface area contributed by atoms with Gasteiger partial charge in [-0.3, -0.25) is 9.48 Å². The number of nitrogens with two attached hydrogens (primary N) is 1. The maximum Gasteiger partial charge on any atom is 0.290 e. The van der Waals surface area contributed by atoms with E-state index in [1.54, 1.807) is 4.68 Å². The molecule has 2 rings (SSSR count). The fourth-order valence-electron chi connectivity index (χ4n) is 2.84. The molecule has 0 amide bonds. The second-order valence-corrected chi connectivity index (χ2v) is 4.73. The maximum atomic E-state index is 12.0. The van der Waals surface area contributed by atoms with Crippen LogP contribution in [0.15, 0.2) is 4.79 Å². The normalized spacial score (nSPS) is 17.1. The van der Waals surface area contributed by atoms with Crippen LogP contribution in [0.4, 0.5) is 5.69 Å². The molecule has 2 N–H and O–H groups in total. The SMILES string of the molecule is CCCn1c(=O)c(N)c(C2CCCC2)n1C. The highest BCUT2D eigenvalue weighted by atomic mass is 16.1. The van der Waals surface area contributed by atoms with Crippen LogP contribution >= 0.6 is 0 Å². The monoisotopic (exact) mass is 223 g/mol. The Labute approximate surface area is 96.0 Å². The van der Waals surface area contributed by atoms with E-state index in [-0.39, 0.29) is 5.56 Å². The van der Waals surface area contributed by atoms with Crippen molar-refractivity contribution in [3.63, 3.8) is 0 Å². The van der Waals surface area contributed by atoms with Gasteiger partial charge in [0.1, 0.15) is 5.69 Å². The number of nitrogen functional groups attached to an aromatic ring is 1. The van der Waals surface area contributed by atoms with E-state index >= 15 is 0 Å². The van der Waals surface area contributed by atoms with Gasteiger partial charge in [0.25, 0.3) is 5.56 Å². The van der Waals surface area contributed by atoms with Crippen LogP contribution in [0.5, 0.6) is 0 Å². The minimum atomic E-state index is -0.00810. The van der Waals surface area contributed by atoms with Gasteiger partial charge < -0.3 is 5.73 Å². The summed E-state index contributed by atoms with van der Waals surface area (Å²) in [7, 11) is 1.96. The van der Waals surface area contributed by atoms with E-state index in [2.05, 4.69) is 6.92 Å². The Bertz CT molecular complexity index is 424. The summed E-state index contributed by atoms with van der Waals surface area (Å²) in [5.74, 6) is 0.496. The molecule has 1 aliphatic rings. The highest BCUT2D eigenvalue weighted by molar-refractivity contribution is 5.44. The molecule has 1 aliphatic carbocycles. The Morgan fingerprint density at radius 1 is 1.38 bits per heavy atom. The molecule has 0 bridgehead atoms. The molecule has 1 heterocycles. The zero-order valence-electron chi connectivity index (χ0n) is 10.2. The number of nitrogens with zero attached hydrogens (tertiary/aromatic N) is 2. The third-order valence-electron chi connectivity index (χ3n) is 3.63. The number of hydrogen-bond donors (Lipinski definition) is 1. The Kier molecular flexibility index (Phi) is 3.08. The van der Waals surface area contributed by atoms with Crippen LogP contribution < -0.4 is 11.3 Å². The number of aromatic nitrogens is 2. The van der Waals surface area contributed by atoms with Crippen LogP contribution in [0, 0.1) is 0 Å². The van der Waals surface area contributed by atoms with Gasteiger partial charge in [-0.1, -0.05) is 19.8 Å². The fourth-order valence-corrected chi connectivity index (χ4v) is 2.84. The Morgan fingerprint density at radius 2 is 2.00 bits per heavy atom. The van der Waals surface area contributed by atoms with Gasteiger partial charge >= 0.3 is 0 Å². The molecular formula is C12H21N3O. The second-order valence-electron chi connectivity index (χ2n) is 4.73. The minimum absolute atomic E-state index is 0.00810. The highest BCUT2D eigenvalue weighted by Crippen LogP contribution is 2.35. The molecule has 4 nitrogen and oxygen atoms in total. The molecule has 1 aromatic rings. The summed E-state index contributed by atoms with van der Waals surface area (Å²) in [5.41, 5.74) is 7.49. The van der Waals surface area contributed by atoms with Crippen molar-refractivity contribution in [2.75, 3.05) is 5.73 Å². The molecule has 4 heteroatoms. The number of anilines is 1. The van der Waals surface area contributed by atoms with Crippen LogP contribution in [0.1, 0.15) is 50.6 Å². The predicted molar refractivity (Wildman–Crippen MR) is 65.6 cm³/mol. The number of hydrogen-bond acceptors (Lipinski definition) is 2. The van der Waals surface area contributed by atoms with E-state index in [4.69, 9.17) is 5.73 Å². The van der Waals surface area contributed by atoms with E-state index in [1.807, 2.05) is 11.7 Å². The first-order valence-corrected chi connectivity index (χ1v) is 6.22. The largest absolute Gasteiger partial charge is 0.393 e. The summed E-state index contributed by atoms with van der Waals surface area (Å²) < 4.78 is 3.75. The van der Waals surface area contributed by atoms with Gasteiger partial charge in [0.05, 0.1) is 5.69 Å². The van der Waals surface area contributed by atoms with Crippen molar-refractivity contribution in [1.82, 2.24) is 9.36 Å². The quantitative estimate of drug-likeness (QED) is 0.850. The summed E-state index contributed by atoms with van der Waals surface area (Å²) in [5, 5.41) is 0. The fraction of sp³-hybridized carbons (Fsp3) is 0.750. The predicted octanol–water partition coefficient (Wildman–Crippen LogP) is 1.84. The molecule has 0 radical (unpaired) electrons. The summed E-state index contributed by atoms with van der Waals surface area (Å²) in [6, 6.07) is 0. The van der Waals surface area contributed by atoms with E-state index in [9.17, 15) is 4.79 Å². The van der Waals surface area contributed by atoms with Crippen molar-refractivity contribution in [3.05, 3.63) is 16.0 Å². The van der Waals surface area contributed by atoms with Crippen molar-refractivity contribution in [2.45, 2.75) is 51.5 Å². The van der Waals surface area contributed by atoms with E-state index in [1.165, 1.54) is 25.7 Å². The van der Waals surface area contributed by atoms with Gasteiger partial charge in [-0.15, -0.1) is 0 Å². The smallest absolute Gasteiger partial charge is 0.290 e. The summed E-state index contributed by atoms with van der Waals surface area (Å²) in [6.45, 7) is 2.83. The molecule has 16 heavy (non-hydrogen) atoms. The summed E-state index contributed by atoms with van der Waals surface area (Å²) >= 11 is 0. The molecule has 1 saturated carbocycles. The molecular weight excluding hydrogens is 202 g/mol. The van der Waals surface area contributed by atoms with Crippen LogP contribution in [0.25, 0.3) is 0 Å². The average Bonchev–Trinajstić information content (AvgIpc) is 2.83. The van der Waals surface area contributed by atoms with Gasteiger partial charge in [-0.2, -0.15) is 0 Å². The zero-order chi connectivity index (χ0) is 11.7. The molecule has 1 aromatic heterocycles. The lowest BCUT2D eigenvalue weighted by atomic mass is 10.0. The summed E-state index contributed by atoms with van der Waals surface area (Å²) in [4.78, 5) is 12.0.